The highest BCUT2D eigenvalue weighted by Gasteiger charge is 2.24. The molecule has 1 aliphatic rings. The van der Waals surface area contributed by atoms with Gasteiger partial charge in [0.1, 0.15) is 0 Å². The molecule has 0 saturated heterocycles. The summed E-state index contributed by atoms with van der Waals surface area (Å²) in [6.45, 7) is 6.55. The second kappa shape index (κ2) is 7.24. The first-order valence-corrected chi connectivity index (χ1v) is 6.21. The Labute approximate surface area is 88.4 Å². The Morgan fingerprint density at radius 1 is 1.21 bits per heavy atom. The van der Waals surface area contributed by atoms with Crippen LogP contribution in [0.3, 0.4) is 0 Å². The summed E-state index contributed by atoms with van der Waals surface area (Å²) < 4.78 is 5.81. The van der Waals surface area contributed by atoms with Crippen LogP contribution < -0.4 is 5.32 Å². The smallest absolute Gasteiger partial charge is 0.0590 e. The summed E-state index contributed by atoms with van der Waals surface area (Å²) in [4.78, 5) is 0. The van der Waals surface area contributed by atoms with Gasteiger partial charge in [-0.2, -0.15) is 0 Å². The first-order valence-electron chi connectivity index (χ1n) is 6.21. The number of nitrogens with one attached hydrogen (secondary N) is 1. The summed E-state index contributed by atoms with van der Waals surface area (Å²) in [5, 5.41) is 3.57. The lowest BCUT2D eigenvalue weighted by Gasteiger charge is -2.13. The Kier molecular flexibility index (Phi) is 6.20. The average molecular weight is 199 g/mol. The molecule has 2 atom stereocenters. The Hall–Kier alpha value is -0.0800. The van der Waals surface area contributed by atoms with E-state index in [0.717, 1.165) is 19.2 Å². The molecule has 0 radical (unpaired) electrons. The molecule has 1 aliphatic carbocycles. The van der Waals surface area contributed by atoms with Gasteiger partial charge in [-0.15, -0.1) is 0 Å². The van der Waals surface area contributed by atoms with Crippen molar-refractivity contribution in [3.05, 3.63) is 0 Å². The molecule has 84 valence electrons. The molecule has 2 heteroatoms. The van der Waals surface area contributed by atoms with Crippen molar-refractivity contribution >= 4 is 0 Å². The highest BCUT2D eigenvalue weighted by molar-refractivity contribution is 4.80. The number of rotatable bonds is 7. The third-order valence-corrected chi connectivity index (χ3v) is 2.92. The molecule has 1 fully saturated rings. The molecule has 1 N–H and O–H groups in total. The van der Waals surface area contributed by atoms with Crippen molar-refractivity contribution < 1.29 is 4.74 Å². The number of unbranched alkanes of at least 4 members (excludes halogenated alkanes) is 1. The maximum Gasteiger partial charge on any atom is 0.0590 e. The summed E-state index contributed by atoms with van der Waals surface area (Å²) in [5.41, 5.74) is 0. The van der Waals surface area contributed by atoms with Crippen molar-refractivity contribution in [2.24, 2.45) is 0 Å². The third-order valence-electron chi connectivity index (χ3n) is 2.92. The van der Waals surface area contributed by atoms with Crippen LogP contribution in [-0.4, -0.2) is 25.3 Å². The molecule has 2 unspecified atom stereocenters. The zero-order valence-corrected chi connectivity index (χ0v) is 9.72. The minimum Gasteiger partial charge on any atom is -0.378 e. The molecule has 1 saturated carbocycles. The lowest BCUT2D eigenvalue weighted by atomic mass is 10.2. The Morgan fingerprint density at radius 2 is 2.07 bits per heavy atom. The van der Waals surface area contributed by atoms with Crippen molar-refractivity contribution in [3.63, 3.8) is 0 Å². The molecule has 0 amide bonds. The standard InChI is InChI=1S/C12H25NO/c1-3-5-9-14-12-7-6-11(10-12)13-8-4-2/h11-13H,3-10H2,1-2H3. The van der Waals surface area contributed by atoms with Gasteiger partial charge >= 0.3 is 0 Å². The SMILES string of the molecule is CCCCOC1CCC(NCCC)C1. The zero-order valence-electron chi connectivity index (χ0n) is 9.72. The van der Waals surface area contributed by atoms with E-state index in [1.54, 1.807) is 0 Å². The van der Waals surface area contributed by atoms with Gasteiger partial charge in [0.25, 0.3) is 0 Å². The second-order valence-electron chi connectivity index (χ2n) is 4.31. The summed E-state index contributed by atoms with van der Waals surface area (Å²) >= 11 is 0. The van der Waals surface area contributed by atoms with Crippen LogP contribution in [0.1, 0.15) is 52.4 Å². The molecule has 0 aliphatic heterocycles. The van der Waals surface area contributed by atoms with E-state index in [0.29, 0.717) is 6.10 Å². The normalized spacial score (nSPS) is 27.0. The van der Waals surface area contributed by atoms with Crippen molar-refractivity contribution in [1.29, 1.82) is 0 Å². The molecular weight excluding hydrogens is 174 g/mol. The van der Waals surface area contributed by atoms with Crippen LogP contribution in [0.4, 0.5) is 0 Å². The molecule has 0 aromatic rings. The molecule has 14 heavy (non-hydrogen) atoms. The maximum atomic E-state index is 5.81. The lowest BCUT2D eigenvalue weighted by Crippen LogP contribution is -2.27. The molecule has 0 aromatic heterocycles. The predicted molar refractivity (Wildman–Crippen MR) is 60.6 cm³/mol. The number of hydrogen-bond donors (Lipinski definition) is 1. The predicted octanol–water partition coefficient (Wildman–Crippen LogP) is 2.72. The van der Waals surface area contributed by atoms with E-state index in [1.807, 2.05) is 0 Å². The number of ether oxygens (including phenoxy) is 1. The lowest BCUT2D eigenvalue weighted by molar-refractivity contribution is 0.0549. The minimum atomic E-state index is 0.538. The average Bonchev–Trinajstić information content (AvgIpc) is 2.63. The topological polar surface area (TPSA) is 21.3 Å². The van der Waals surface area contributed by atoms with E-state index in [1.165, 1.54) is 38.5 Å². The summed E-state index contributed by atoms with van der Waals surface area (Å²) in [6, 6.07) is 0.724. The molecule has 0 spiro atoms. The van der Waals surface area contributed by atoms with E-state index in [4.69, 9.17) is 4.74 Å². The van der Waals surface area contributed by atoms with Gasteiger partial charge in [-0.1, -0.05) is 20.3 Å². The molecular formula is C12H25NO. The second-order valence-corrected chi connectivity index (χ2v) is 4.31. The summed E-state index contributed by atoms with van der Waals surface area (Å²) in [5.74, 6) is 0. The van der Waals surface area contributed by atoms with Crippen LogP contribution in [0, 0.1) is 0 Å². The highest BCUT2D eigenvalue weighted by Crippen LogP contribution is 2.22. The van der Waals surface area contributed by atoms with Gasteiger partial charge in [0.15, 0.2) is 0 Å². The monoisotopic (exact) mass is 199 g/mol. The van der Waals surface area contributed by atoms with E-state index in [2.05, 4.69) is 19.2 Å². The van der Waals surface area contributed by atoms with Crippen LogP contribution in [0.2, 0.25) is 0 Å². The third kappa shape index (κ3) is 4.43. The van der Waals surface area contributed by atoms with Crippen LogP contribution in [0.25, 0.3) is 0 Å². The highest BCUT2D eigenvalue weighted by atomic mass is 16.5. The van der Waals surface area contributed by atoms with Crippen LogP contribution in [0.15, 0.2) is 0 Å². The van der Waals surface area contributed by atoms with Crippen molar-refractivity contribution in [2.45, 2.75) is 64.5 Å². The van der Waals surface area contributed by atoms with Crippen LogP contribution in [-0.2, 0) is 4.74 Å². The fourth-order valence-electron chi connectivity index (χ4n) is 2.02. The largest absolute Gasteiger partial charge is 0.378 e. The molecule has 2 nitrogen and oxygen atoms in total. The van der Waals surface area contributed by atoms with Gasteiger partial charge in [0, 0.05) is 12.6 Å². The fourth-order valence-corrected chi connectivity index (χ4v) is 2.02. The van der Waals surface area contributed by atoms with Gasteiger partial charge in [-0.3, -0.25) is 0 Å². The van der Waals surface area contributed by atoms with E-state index >= 15 is 0 Å². The van der Waals surface area contributed by atoms with Crippen molar-refractivity contribution in [2.75, 3.05) is 13.2 Å². The fraction of sp³-hybridized carbons (Fsp3) is 1.00. The van der Waals surface area contributed by atoms with E-state index < -0.39 is 0 Å². The minimum absolute atomic E-state index is 0.538. The zero-order chi connectivity index (χ0) is 10.2. The molecule has 0 heterocycles. The first-order chi connectivity index (χ1) is 6.86. The number of hydrogen-bond acceptors (Lipinski definition) is 2. The molecule has 1 rings (SSSR count). The van der Waals surface area contributed by atoms with Gasteiger partial charge in [0.05, 0.1) is 6.10 Å². The van der Waals surface area contributed by atoms with Gasteiger partial charge in [-0.05, 0) is 38.6 Å². The molecule has 0 aromatic carbocycles. The van der Waals surface area contributed by atoms with E-state index in [-0.39, 0.29) is 0 Å². The maximum absolute atomic E-state index is 5.81. The summed E-state index contributed by atoms with van der Waals surface area (Å²) in [6.07, 6.45) is 8.01. The summed E-state index contributed by atoms with van der Waals surface area (Å²) in [7, 11) is 0. The van der Waals surface area contributed by atoms with Gasteiger partial charge in [0.2, 0.25) is 0 Å². The van der Waals surface area contributed by atoms with Crippen molar-refractivity contribution in [1.82, 2.24) is 5.32 Å². The quantitative estimate of drug-likeness (QED) is 0.637. The van der Waals surface area contributed by atoms with Gasteiger partial charge in [-0.25, -0.2) is 0 Å². The van der Waals surface area contributed by atoms with Crippen LogP contribution in [0.5, 0.6) is 0 Å². The van der Waals surface area contributed by atoms with Crippen LogP contribution >= 0.6 is 0 Å². The van der Waals surface area contributed by atoms with Gasteiger partial charge < -0.3 is 10.1 Å². The van der Waals surface area contributed by atoms with Crippen molar-refractivity contribution in [3.8, 4) is 0 Å². The Morgan fingerprint density at radius 3 is 2.79 bits per heavy atom. The first kappa shape index (κ1) is 12.0. The Bertz CT molecular complexity index is 138. The Balaban J connectivity index is 2.02. The molecule has 0 bridgehead atoms. The van der Waals surface area contributed by atoms with E-state index in [9.17, 15) is 0 Å².